The number of nitrogens with zero attached hydrogens (tertiary/aromatic N) is 3. The molecule has 0 bridgehead atoms. The summed E-state index contributed by atoms with van der Waals surface area (Å²) >= 11 is 11.0. The Balaban J connectivity index is 3.31. The number of rotatable bonds is 0. The van der Waals surface area contributed by atoms with Crippen LogP contribution in [0.15, 0.2) is 6.33 Å². The highest BCUT2D eigenvalue weighted by atomic mass is 35.5. The van der Waals surface area contributed by atoms with Crippen molar-refractivity contribution >= 4 is 29.0 Å². The maximum absolute atomic E-state index is 6.57. The highest BCUT2D eigenvalue weighted by molar-refractivity contribution is 6.42. The quantitative estimate of drug-likeness (QED) is 0.446. The Morgan fingerprint density at radius 2 is 2.10 bits per heavy atom. The minimum absolute atomic E-state index is 0.0849. The lowest BCUT2D eigenvalue weighted by molar-refractivity contribution is 1.18. The summed E-state index contributed by atoms with van der Waals surface area (Å²) in [5.41, 5.74) is 0. The zero-order valence-corrected chi connectivity index (χ0v) is 6.19. The third-order valence-electron chi connectivity index (χ3n) is 0.834. The maximum atomic E-state index is 6.57. The minimum atomic E-state index is 0.0849. The predicted octanol–water partition coefficient (Wildman–Crippen LogP) is 2.33. The van der Waals surface area contributed by atoms with Crippen LogP contribution in [0.1, 0.15) is 0 Å². The SMILES string of the molecule is [C-]#[N+]c1ncnc(Cl)c1Cl. The number of aromatic nitrogens is 2. The average Bonchev–Trinajstić information content (AvgIpc) is 1.95. The van der Waals surface area contributed by atoms with Gasteiger partial charge in [-0.2, -0.15) is 0 Å². The van der Waals surface area contributed by atoms with E-state index >= 15 is 0 Å². The van der Waals surface area contributed by atoms with Crippen LogP contribution >= 0.6 is 23.2 Å². The highest BCUT2D eigenvalue weighted by Crippen LogP contribution is 2.26. The molecule has 50 valence electrons. The molecule has 0 unspecified atom stereocenters. The molecule has 10 heavy (non-hydrogen) atoms. The summed E-state index contributed by atoms with van der Waals surface area (Å²) in [6, 6.07) is 0. The lowest BCUT2D eigenvalue weighted by atomic mass is 10.6. The van der Waals surface area contributed by atoms with Gasteiger partial charge in [-0.15, -0.1) is 4.98 Å². The second-order valence-corrected chi connectivity index (χ2v) is 2.15. The zero-order chi connectivity index (χ0) is 7.56. The van der Waals surface area contributed by atoms with Gasteiger partial charge in [-0.3, -0.25) is 0 Å². The van der Waals surface area contributed by atoms with Crippen LogP contribution in [0.5, 0.6) is 0 Å². The first-order chi connectivity index (χ1) is 4.75. The monoisotopic (exact) mass is 173 g/mol. The van der Waals surface area contributed by atoms with Gasteiger partial charge in [-0.1, -0.05) is 29.8 Å². The standard InChI is InChI=1S/C5HCl2N3/c1-8-5-3(6)4(7)9-2-10-5/h2H. The summed E-state index contributed by atoms with van der Waals surface area (Å²) in [6.07, 6.45) is 1.20. The van der Waals surface area contributed by atoms with E-state index in [2.05, 4.69) is 14.8 Å². The smallest absolute Gasteiger partial charge is 0.293 e. The largest absolute Gasteiger partial charge is 0.359 e. The zero-order valence-electron chi connectivity index (χ0n) is 4.67. The van der Waals surface area contributed by atoms with Crippen molar-refractivity contribution in [3.05, 3.63) is 27.9 Å². The third kappa shape index (κ3) is 1.18. The van der Waals surface area contributed by atoms with Crippen LogP contribution in [0, 0.1) is 6.57 Å². The summed E-state index contributed by atoms with van der Waals surface area (Å²) in [5, 5.41) is 0.224. The lowest BCUT2D eigenvalue weighted by Crippen LogP contribution is -1.79. The van der Waals surface area contributed by atoms with Gasteiger partial charge < -0.3 is 4.85 Å². The molecule has 0 aromatic carbocycles. The molecule has 0 N–H and O–H groups in total. The van der Waals surface area contributed by atoms with E-state index in [4.69, 9.17) is 29.8 Å². The van der Waals surface area contributed by atoms with Crippen LogP contribution in [0.25, 0.3) is 4.85 Å². The Bertz CT molecular complexity index is 291. The van der Waals surface area contributed by atoms with Crippen LogP contribution in [-0.2, 0) is 0 Å². The summed E-state index contributed by atoms with van der Waals surface area (Å²) < 4.78 is 0. The van der Waals surface area contributed by atoms with Gasteiger partial charge in [0.15, 0.2) is 0 Å². The molecule has 0 atom stereocenters. The molecule has 0 saturated heterocycles. The van der Waals surface area contributed by atoms with E-state index in [0.29, 0.717) is 0 Å². The number of halogens is 2. The number of hydrogen-bond acceptors (Lipinski definition) is 2. The Kier molecular flexibility index (Phi) is 2.05. The van der Waals surface area contributed by atoms with Gasteiger partial charge in [0.25, 0.3) is 5.82 Å². The molecule has 0 aliphatic heterocycles. The van der Waals surface area contributed by atoms with Crippen molar-refractivity contribution in [2.75, 3.05) is 0 Å². The molecule has 0 saturated carbocycles. The molecule has 0 amide bonds. The fraction of sp³-hybridized carbons (Fsp3) is 0. The van der Waals surface area contributed by atoms with E-state index in [9.17, 15) is 0 Å². The molecule has 1 aromatic rings. The van der Waals surface area contributed by atoms with Crippen molar-refractivity contribution in [3.8, 4) is 0 Å². The molecule has 1 heterocycles. The summed E-state index contributed by atoms with van der Waals surface area (Å²) in [4.78, 5) is 10.2. The van der Waals surface area contributed by atoms with Crippen LogP contribution < -0.4 is 0 Å². The summed E-state index contributed by atoms with van der Waals surface area (Å²) in [5.74, 6) is 0.0849. The maximum Gasteiger partial charge on any atom is 0.293 e. The molecule has 1 rings (SSSR count). The van der Waals surface area contributed by atoms with Gasteiger partial charge in [0.2, 0.25) is 6.33 Å². The molecule has 0 radical (unpaired) electrons. The van der Waals surface area contributed by atoms with Crippen molar-refractivity contribution in [1.82, 2.24) is 9.97 Å². The number of hydrogen-bond donors (Lipinski definition) is 0. The molecule has 3 nitrogen and oxygen atoms in total. The van der Waals surface area contributed by atoms with Gasteiger partial charge in [0.1, 0.15) is 10.2 Å². The summed E-state index contributed by atoms with van der Waals surface area (Å²) in [6.45, 7) is 6.57. The Labute approximate surface area is 67.4 Å². The van der Waals surface area contributed by atoms with Gasteiger partial charge in [0, 0.05) is 0 Å². The molecule has 5 heteroatoms. The van der Waals surface area contributed by atoms with Gasteiger partial charge in [0.05, 0.1) is 0 Å². The second kappa shape index (κ2) is 2.82. The third-order valence-corrected chi connectivity index (χ3v) is 1.57. The van der Waals surface area contributed by atoms with Crippen LogP contribution in [0.4, 0.5) is 5.82 Å². The van der Waals surface area contributed by atoms with Crippen molar-refractivity contribution in [2.24, 2.45) is 0 Å². The molecule has 0 fully saturated rings. The second-order valence-electron chi connectivity index (χ2n) is 1.41. The lowest BCUT2D eigenvalue weighted by Gasteiger charge is -1.91. The topological polar surface area (TPSA) is 30.1 Å². The van der Waals surface area contributed by atoms with Crippen LogP contribution in [-0.4, -0.2) is 9.97 Å². The van der Waals surface area contributed by atoms with E-state index in [1.165, 1.54) is 6.33 Å². The predicted molar refractivity (Wildman–Crippen MR) is 38.3 cm³/mol. The van der Waals surface area contributed by atoms with Crippen molar-refractivity contribution in [2.45, 2.75) is 0 Å². The molecule has 0 aliphatic rings. The van der Waals surface area contributed by atoms with Crippen LogP contribution in [0.2, 0.25) is 10.2 Å². The van der Waals surface area contributed by atoms with Crippen molar-refractivity contribution < 1.29 is 0 Å². The van der Waals surface area contributed by atoms with E-state index in [0.717, 1.165) is 0 Å². The first kappa shape index (κ1) is 7.26. The molecule has 1 aromatic heterocycles. The van der Waals surface area contributed by atoms with Gasteiger partial charge in [-0.05, 0) is 0 Å². The summed E-state index contributed by atoms with van der Waals surface area (Å²) in [7, 11) is 0. The Morgan fingerprint density at radius 3 is 2.60 bits per heavy atom. The van der Waals surface area contributed by atoms with Gasteiger partial charge >= 0.3 is 0 Å². The van der Waals surface area contributed by atoms with E-state index in [-0.39, 0.29) is 16.0 Å². The van der Waals surface area contributed by atoms with Crippen LogP contribution in [0.3, 0.4) is 0 Å². The van der Waals surface area contributed by atoms with E-state index < -0.39 is 0 Å². The fourth-order valence-electron chi connectivity index (χ4n) is 0.418. The molecular formula is C5HCl2N3. The minimum Gasteiger partial charge on any atom is -0.359 e. The first-order valence-corrected chi connectivity index (χ1v) is 3.04. The first-order valence-electron chi connectivity index (χ1n) is 2.29. The van der Waals surface area contributed by atoms with E-state index in [1.807, 2.05) is 0 Å². The van der Waals surface area contributed by atoms with Crippen molar-refractivity contribution in [1.29, 1.82) is 0 Å². The molecule has 0 spiro atoms. The normalized spacial score (nSPS) is 8.90. The molecule has 0 aliphatic carbocycles. The van der Waals surface area contributed by atoms with Gasteiger partial charge in [-0.25, -0.2) is 4.98 Å². The molecular weight excluding hydrogens is 173 g/mol. The average molecular weight is 174 g/mol. The van der Waals surface area contributed by atoms with Crippen molar-refractivity contribution in [3.63, 3.8) is 0 Å². The Hall–Kier alpha value is -0.850. The fourth-order valence-corrected chi connectivity index (χ4v) is 0.686. The Morgan fingerprint density at radius 1 is 1.40 bits per heavy atom. The van der Waals surface area contributed by atoms with E-state index in [1.54, 1.807) is 0 Å². The highest BCUT2D eigenvalue weighted by Gasteiger charge is 2.05.